The average molecular weight is 403 g/mol. The van der Waals surface area contributed by atoms with Crippen LogP contribution >= 0.6 is 11.8 Å². The molecule has 0 saturated heterocycles. The van der Waals surface area contributed by atoms with E-state index in [9.17, 15) is 4.79 Å². The molecule has 0 bridgehead atoms. The van der Waals surface area contributed by atoms with E-state index in [-0.39, 0.29) is 5.91 Å². The quantitative estimate of drug-likeness (QED) is 0.611. The fourth-order valence-electron chi connectivity index (χ4n) is 3.18. The van der Waals surface area contributed by atoms with Gasteiger partial charge in [-0.2, -0.15) is 10.2 Å². The lowest BCUT2D eigenvalue weighted by molar-refractivity contribution is -0.118. The Labute approximate surface area is 172 Å². The van der Waals surface area contributed by atoms with E-state index in [4.69, 9.17) is 10.00 Å². The van der Waals surface area contributed by atoms with Gasteiger partial charge in [0.25, 0.3) is 0 Å². The van der Waals surface area contributed by atoms with Crippen molar-refractivity contribution in [2.75, 3.05) is 10.7 Å². The molecule has 29 heavy (non-hydrogen) atoms. The molecule has 0 saturated carbocycles. The zero-order chi connectivity index (χ0) is 20.4. The molecular formula is C21H17N5O2S. The maximum atomic E-state index is 12.7. The van der Waals surface area contributed by atoms with Crippen molar-refractivity contribution in [2.24, 2.45) is 0 Å². The number of benzene rings is 2. The SMILES string of the molecule is CCSc1nnc2c(n1)O[C@H](c1ccc(C#N)cc1)N(C(C)=O)c1ccccc1-2. The maximum Gasteiger partial charge on any atom is 0.247 e. The Morgan fingerprint density at radius 3 is 2.66 bits per heavy atom. The number of nitrogens with zero attached hydrogens (tertiary/aromatic N) is 5. The fourth-order valence-corrected chi connectivity index (χ4v) is 3.69. The summed E-state index contributed by atoms with van der Waals surface area (Å²) in [6.07, 6.45) is -0.751. The number of rotatable bonds is 3. The van der Waals surface area contributed by atoms with Crippen LogP contribution in [0.1, 0.15) is 31.2 Å². The van der Waals surface area contributed by atoms with E-state index >= 15 is 0 Å². The predicted octanol–water partition coefficient (Wildman–Crippen LogP) is 3.97. The first-order valence-corrected chi connectivity index (χ1v) is 10.0. The minimum absolute atomic E-state index is 0.185. The second-order valence-corrected chi connectivity index (χ2v) is 7.52. The smallest absolute Gasteiger partial charge is 0.247 e. The molecule has 2 heterocycles. The van der Waals surface area contributed by atoms with Gasteiger partial charge in [-0.15, -0.1) is 10.2 Å². The van der Waals surface area contributed by atoms with Crippen LogP contribution in [0.2, 0.25) is 0 Å². The van der Waals surface area contributed by atoms with Crippen LogP contribution in [0.25, 0.3) is 11.3 Å². The molecule has 0 unspecified atom stereocenters. The topological polar surface area (TPSA) is 92.0 Å². The third kappa shape index (κ3) is 3.52. The summed E-state index contributed by atoms with van der Waals surface area (Å²) >= 11 is 1.46. The largest absolute Gasteiger partial charge is 0.447 e. The third-order valence-electron chi connectivity index (χ3n) is 4.45. The molecule has 4 rings (SSSR count). The number of anilines is 1. The van der Waals surface area contributed by atoms with E-state index in [1.807, 2.05) is 31.2 Å². The van der Waals surface area contributed by atoms with Crippen molar-refractivity contribution in [3.8, 4) is 23.2 Å². The summed E-state index contributed by atoms with van der Waals surface area (Å²) < 4.78 is 6.26. The number of aromatic nitrogens is 3. The molecule has 7 nitrogen and oxygen atoms in total. The second kappa shape index (κ2) is 7.89. The predicted molar refractivity (Wildman–Crippen MR) is 109 cm³/mol. The van der Waals surface area contributed by atoms with Crippen molar-refractivity contribution in [2.45, 2.75) is 25.2 Å². The van der Waals surface area contributed by atoms with Crippen LogP contribution in [-0.4, -0.2) is 26.8 Å². The van der Waals surface area contributed by atoms with E-state index in [0.717, 1.165) is 16.9 Å². The summed E-state index contributed by atoms with van der Waals surface area (Å²) in [6, 6.07) is 16.5. The number of carbonyl (C=O) groups is 1. The fraction of sp³-hybridized carbons (Fsp3) is 0.190. The van der Waals surface area contributed by atoms with Gasteiger partial charge >= 0.3 is 0 Å². The first-order chi connectivity index (χ1) is 14.1. The Hall–Kier alpha value is -3.44. The lowest BCUT2D eigenvalue weighted by Gasteiger charge is -2.29. The van der Waals surface area contributed by atoms with Gasteiger partial charge in [0, 0.05) is 18.1 Å². The highest BCUT2D eigenvalue weighted by molar-refractivity contribution is 7.99. The molecule has 0 spiro atoms. The Morgan fingerprint density at radius 1 is 1.21 bits per heavy atom. The Kier molecular flexibility index (Phi) is 5.14. The van der Waals surface area contributed by atoms with Gasteiger partial charge in [0.2, 0.25) is 23.2 Å². The highest BCUT2D eigenvalue weighted by Crippen LogP contribution is 2.43. The molecule has 1 aliphatic heterocycles. The number of hydrogen-bond donors (Lipinski definition) is 0. The Balaban J connectivity index is 1.92. The lowest BCUT2D eigenvalue weighted by atomic mass is 10.1. The number of para-hydroxylation sites is 1. The van der Waals surface area contributed by atoms with Gasteiger partial charge in [0.15, 0.2) is 5.69 Å². The average Bonchev–Trinajstić information content (AvgIpc) is 2.88. The molecule has 144 valence electrons. The summed E-state index contributed by atoms with van der Waals surface area (Å²) in [5.41, 5.74) is 3.14. The first-order valence-electron chi connectivity index (χ1n) is 9.05. The van der Waals surface area contributed by atoms with Gasteiger partial charge in [-0.05, 0) is 24.0 Å². The molecule has 2 aromatic carbocycles. The van der Waals surface area contributed by atoms with Gasteiger partial charge in [-0.25, -0.2) is 0 Å². The maximum absolute atomic E-state index is 12.7. The monoisotopic (exact) mass is 403 g/mol. The molecule has 3 aromatic rings. The number of nitriles is 1. The number of hydrogen-bond acceptors (Lipinski definition) is 7. The minimum Gasteiger partial charge on any atom is -0.447 e. The summed E-state index contributed by atoms with van der Waals surface area (Å²) in [6.45, 7) is 3.50. The summed E-state index contributed by atoms with van der Waals surface area (Å²) in [7, 11) is 0. The van der Waals surface area contributed by atoms with Crippen molar-refractivity contribution in [3.63, 3.8) is 0 Å². The Bertz CT molecular complexity index is 1110. The standard InChI is InChI=1S/C21H17N5O2S/c1-3-29-21-23-19-18(24-25-21)16-6-4-5-7-17(16)26(13(2)27)20(28-19)15-10-8-14(12-22)9-11-15/h4-11,20H,3H2,1-2H3/t20-/m1/s1. The van der Waals surface area contributed by atoms with Crippen LogP contribution in [0.5, 0.6) is 5.88 Å². The van der Waals surface area contributed by atoms with E-state index in [2.05, 4.69) is 21.3 Å². The van der Waals surface area contributed by atoms with Gasteiger partial charge in [0.05, 0.1) is 17.3 Å². The molecule has 0 radical (unpaired) electrons. The molecule has 0 N–H and O–H groups in total. The number of amides is 1. The van der Waals surface area contributed by atoms with E-state index in [0.29, 0.717) is 28.0 Å². The first kappa shape index (κ1) is 18.9. The van der Waals surface area contributed by atoms with Crippen molar-refractivity contribution in [1.82, 2.24) is 15.2 Å². The van der Waals surface area contributed by atoms with E-state index < -0.39 is 6.23 Å². The van der Waals surface area contributed by atoms with E-state index in [1.165, 1.54) is 18.7 Å². The molecule has 8 heteroatoms. The van der Waals surface area contributed by atoms with Gasteiger partial charge in [-0.3, -0.25) is 9.69 Å². The highest BCUT2D eigenvalue weighted by atomic mass is 32.2. The normalized spacial score (nSPS) is 14.8. The van der Waals surface area contributed by atoms with Crippen molar-refractivity contribution in [1.29, 1.82) is 5.26 Å². The van der Waals surface area contributed by atoms with Gasteiger partial charge in [0.1, 0.15) is 0 Å². The zero-order valence-electron chi connectivity index (χ0n) is 15.9. The molecule has 0 fully saturated rings. The van der Waals surface area contributed by atoms with Crippen LogP contribution < -0.4 is 9.64 Å². The molecule has 1 aliphatic rings. The minimum atomic E-state index is -0.751. The third-order valence-corrected chi connectivity index (χ3v) is 5.17. The highest BCUT2D eigenvalue weighted by Gasteiger charge is 2.34. The van der Waals surface area contributed by atoms with Crippen molar-refractivity contribution >= 4 is 23.4 Å². The van der Waals surface area contributed by atoms with Gasteiger partial charge < -0.3 is 4.74 Å². The van der Waals surface area contributed by atoms with Crippen LogP contribution in [-0.2, 0) is 4.79 Å². The van der Waals surface area contributed by atoms with Gasteiger partial charge in [-0.1, -0.05) is 49.0 Å². The number of fused-ring (bicyclic) bond motifs is 3. The molecule has 0 aliphatic carbocycles. The van der Waals surface area contributed by atoms with Crippen LogP contribution in [0, 0.1) is 11.3 Å². The molecule has 1 atom stereocenters. The molecular weight excluding hydrogens is 386 g/mol. The number of thioether (sulfide) groups is 1. The summed E-state index contributed by atoms with van der Waals surface area (Å²) in [4.78, 5) is 18.8. The van der Waals surface area contributed by atoms with E-state index in [1.54, 1.807) is 29.2 Å². The number of ether oxygens (including phenoxy) is 1. The van der Waals surface area contributed by atoms with Crippen LogP contribution in [0.3, 0.4) is 0 Å². The molecule has 1 amide bonds. The number of carbonyl (C=O) groups excluding carboxylic acids is 1. The molecule has 1 aromatic heterocycles. The Morgan fingerprint density at radius 2 is 1.97 bits per heavy atom. The summed E-state index contributed by atoms with van der Waals surface area (Å²) in [5, 5.41) is 18.1. The van der Waals surface area contributed by atoms with Crippen molar-refractivity contribution in [3.05, 3.63) is 59.7 Å². The van der Waals surface area contributed by atoms with Crippen molar-refractivity contribution < 1.29 is 9.53 Å². The van der Waals surface area contributed by atoms with Crippen LogP contribution in [0.15, 0.2) is 53.7 Å². The second-order valence-electron chi connectivity index (χ2n) is 6.29. The zero-order valence-corrected chi connectivity index (χ0v) is 16.7. The lowest BCUT2D eigenvalue weighted by Crippen LogP contribution is -2.36. The summed E-state index contributed by atoms with van der Waals surface area (Å²) in [5.74, 6) is 0.938. The van der Waals surface area contributed by atoms with Crippen LogP contribution in [0.4, 0.5) is 5.69 Å².